The highest BCUT2D eigenvalue weighted by atomic mass is 16.6. The Labute approximate surface area is 204 Å². The van der Waals surface area contributed by atoms with E-state index >= 15 is 0 Å². The molecule has 0 aromatic rings. The monoisotopic (exact) mass is 492 g/mol. The molecule has 0 aromatic carbocycles. The Kier molecular flexibility index (Phi) is 6.66. The molecule has 8 atom stereocenters. The Morgan fingerprint density at radius 2 is 0.912 bits per heavy atom. The van der Waals surface area contributed by atoms with Gasteiger partial charge in [-0.1, -0.05) is 6.92 Å². The molecule has 2 aliphatic heterocycles. The lowest BCUT2D eigenvalue weighted by molar-refractivity contribution is -0.407. The number of rotatable bonds is 5. The molecule has 9 nitrogen and oxygen atoms in total. The molecule has 8 unspecified atom stereocenters. The minimum Gasteiger partial charge on any atom is -0.393 e. The van der Waals surface area contributed by atoms with Crippen molar-refractivity contribution in [3.05, 3.63) is 0 Å². The van der Waals surface area contributed by atoms with E-state index in [9.17, 15) is 30.6 Å². The summed E-state index contributed by atoms with van der Waals surface area (Å²) in [5.74, 6) is 0. The standard InChI is InChI=1S/C25H48O9/c1-16(2)21(8,27)18(5,23(10,29)19(6,13-26)33-16)14-32-15-20(7)24(11,30)25(12,31)22(9,28)17(3,4)34-20/h26-31H,13-15H2,1-12H3. The first-order chi connectivity index (χ1) is 14.7. The van der Waals surface area contributed by atoms with Crippen LogP contribution in [0.3, 0.4) is 0 Å². The van der Waals surface area contributed by atoms with Gasteiger partial charge in [0.2, 0.25) is 0 Å². The molecule has 0 bridgehead atoms. The minimum absolute atomic E-state index is 0.191. The van der Waals surface area contributed by atoms with Crippen molar-refractivity contribution < 1.29 is 44.8 Å². The maximum absolute atomic E-state index is 11.6. The average molecular weight is 493 g/mol. The first-order valence-electron chi connectivity index (χ1n) is 11.9. The number of ether oxygens (including phenoxy) is 3. The van der Waals surface area contributed by atoms with Gasteiger partial charge in [-0.3, -0.25) is 0 Å². The van der Waals surface area contributed by atoms with Crippen molar-refractivity contribution in [3.63, 3.8) is 0 Å². The summed E-state index contributed by atoms with van der Waals surface area (Å²) in [6.45, 7) is 17.8. The molecule has 2 rings (SSSR count). The molecule has 0 radical (unpaired) electrons. The summed E-state index contributed by atoms with van der Waals surface area (Å²) < 4.78 is 18.3. The first-order valence-corrected chi connectivity index (χ1v) is 11.9. The third kappa shape index (κ3) is 3.32. The molecule has 2 saturated heterocycles. The van der Waals surface area contributed by atoms with E-state index in [4.69, 9.17) is 14.2 Å². The highest BCUT2D eigenvalue weighted by Gasteiger charge is 2.74. The van der Waals surface area contributed by atoms with Crippen molar-refractivity contribution in [2.45, 2.75) is 133 Å². The highest BCUT2D eigenvalue weighted by Crippen LogP contribution is 2.59. The van der Waals surface area contributed by atoms with E-state index in [1.165, 1.54) is 27.7 Å². The van der Waals surface area contributed by atoms with Crippen molar-refractivity contribution in [2.24, 2.45) is 5.41 Å². The van der Waals surface area contributed by atoms with Crippen molar-refractivity contribution >= 4 is 0 Å². The van der Waals surface area contributed by atoms with Gasteiger partial charge in [0.25, 0.3) is 0 Å². The van der Waals surface area contributed by atoms with Gasteiger partial charge < -0.3 is 44.8 Å². The molecule has 0 spiro atoms. The zero-order valence-electron chi connectivity index (χ0n) is 23.0. The minimum atomic E-state index is -1.98. The van der Waals surface area contributed by atoms with Gasteiger partial charge in [0.05, 0.1) is 36.4 Å². The molecular formula is C25H48O9. The second-order valence-electron chi connectivity index (χ2n) is 13.0. The highest BCUT2D eigenvalue weighted by molar-refractivity contribution is 5.24. The molecule has 202 valence electrons. The van der Waals surface area contributed by atoms with Crippen LogP contribution in [-0.2, 0) is 14.2 Å². The smallest absolute Gasteiger partial charge is 0.124 e. The van der Waals surface area contributed by atoms with E-state index in [2.05, 4.69) is 0 Å². The summed E-state index contributed by atoms with van der Waals surface area (Å²) in [6, 6.07) is 0. The Bertz CT molecular complexity index is 798. The van der Waals surface area contributed by atoms with E-state index in [1.54, 1.807) is 55.4 Å². The Hall–Kier alpha value is -0.360. The lowest BCUT2D eigenvalue weighted by Crippen LogP contribution is -2.84. The van der Waals surface area contributed by atoms with Crippen molar-refractivity contribution in [3.8, 4) is 0 Å². The van der Waals surface area contributed by atoms with Crippen LogP contribution in [0.4, 0.5) is 0 Å². The van der Waals surface area contributed by atoms with Crippen LogP contribution in [0, 0.1) is 5.41 Å². The zero-order valence-corrected chi connectivity index (χ0v) is 23.0. The van der Waals surface area contributed by atoms with Crippen LogP contribution in [0.25, 0.3) is 0 Å². The molecular weight excluding hydrogens is 444 g/mol. The van der Waals surface area contributed by atoms with E-state index in [-0.39, 0.29) is 13.2 Å². The second kappa shape index (κ2) is 7.58. The van der Waals surface area contributed by atoms with Gasteiger partial charge >= 0.3 is 0 Å². The SMILES string of the molecule is CC1(C)OC(C)(COCC2(C)C(C)(O)C(C)(C)OC(C)(CO)C2(C)O)C(C)(O)C(C)(O)C1(C)O. The fraction of sp³-hybridized carbons (Fsp3) is 1.00. The maximum atomic E-state index is 11.6. The summed E-state index contributed by atoms with van der Waals surface area (Å²) in [4.78, 5) is 0. The Morgan fingerprint density at radius 1 is 0.500 bits per heavy atom. The van der Waals surface area contributed by atoms with Crippen LogP contribution < -0.4 is 0 Å². The molecule has 6 N–H and O–H groups in total. The molecule has 0 aliphatic carbocycles. The predicted molar refractivity (Wildman–Crippen MR) is 126 cm³/mol. The van der Waals surface area contributed by atoms with Crippen LogP contribution in [0.5, 0.6) is 0 Å². The van der Waals surface area contributed by atoms with E-state index in [0.29, 0.717) is 0 Å². The Balaban J connectivity index is 2.45. The van der Waals surface area contributed by atoms with Crippen molar-refractivity contribution in [1.29, 1.82) is 0 Å². The van der Waals surface area contributed by atoms with Gasteiger partial charge in [-0.25, -0.2) is 0 Å². The number of hydrogen-bond acceptors (Lipinski definition) is 9. The van der Waals surface area contributed by atoms with Crippen LogP contribution in [0.15, 0.2) is 0 Å². The quantitative estimate of drug-likeness (QED) is 0.329. The fourth-order valence-corrected chi connectivity index (χ4v) is 5.91. The van der Waals surface area contributed by atoms with Gasteiger partial charge in [-0.2, -0.15) is 0 Å². The molecule has 0 saturated carbocycles. The molecule has 2 heterocycles. The largest absolute Gasteiger partial charge is 0.393 e. The molecule has 34 heavy (non-hydrogen) atoms. The summed E-state index contributed by atoms with van der Waals surface area (Å²) in [5.41, 5.74) is -15.7. The topological polar surface area (TPSA) is 149 Å². The zero-order chi connectivity index (χ0) is 27.2. The molecule has 0 aromatic heterocycles. The first kappa shape index (κ1) is 29.9. The van der Waals surface area contributed by atoms with Crippen molar-refractivity contribution in [1.82, 2.24) is 0 Å². The van der Waals surface area contributed by atoms with Crippen LogP contribution in [0.2, 0.25) is 0 Å². The number of hydrogen-bond donors (Lipinski definition) is 6. The lowest BCUT2D eigenvalue weighted by atomic mass is 9.52. The third-order valence-electron chi connectivity index (χ3n) is 10.5. The Morgan fingerprint density at radius 3 is 1.35 bits per heavy atom. The van der Waals surface area contributed by atoms with Gasteiger partial charge in [0.1, 0.15) is 39.2 Å². The summed E-state index contributed by atoms with van der Waals surface area (Å²) in [5, 5.41) is 67.2. The lowest BCUT2D eigenvalue weighted by Gasteiger charge is -2.67. The van der Waals surface area contributed by atoms with E-state index in [1.807, 2.05) is 0 Å². The maximum Gasteiger partial charge on any atom is 0.124 e. The van der Waals surface area contributed by atoms with Crippen LogP contribution in [0.1, 0.15) is 83.1 Å². The predicted octanol–water partition coefficient (Wildman–Crippen LogP) is 0.892. The van der Waals surface area contributed by atoms with Crippen molar-refractivity contribution in [2.75, 3.05) is 19.8 Å². The second-order valence-corrected chi connectivity index (χ2v) is 13.0. The number of aliphatic hydroxyl groups is 6. The van der Waals surface area contributed by atoms with Gasteiger partial charge in [0.15, 0.2) is 0 Å². The summed E-state index contributed by atoms with van der Waals surface area (Å²) in [6.07, 6.45) is 0. The van der Waals surface area contributed by atoms with E-state index in [0.717, 1.165) is 0 Å². The van der Waals surface area contributed by atoms with E-state index < -0.39 is 62.4 Å². The summed E-state index contributed by atoms with van der Waals surface area (Å²) in [7, 11) is 0. The van der Waals surface area contributed by atoms with Crippen LogP contribution in [-0.4, -0.2) is 101 Å². The van der Waals surface area contributed by atoms with Crippen LogP contribution >= 0.6 is 0 Å². The third-order valence-corrected chi connectivity index (χ3v) is 10.5. The van der Waals surface area contributed by atoms with Gasteiger partial charge in [0, 0.05) is 0 Å². The van der Waals surface area contributed by atoms with Gasteiger partial charge in [-0.05, 0) is 76.2 Å². The summed E-state index contributed by atoms with van der Waals surface area (Å²) >= 11 is 0. The molecule has 2 fully saturated rings. The van der Waals surface area contributed by atoms with Gasteiger partial charge in [-0.15, -0.1) is 0 Å². The number of aliphatic hydroxyl groups excluding tert-OH is 1. The fourth-order valence-electron chi connectivity index (χ4n) is 5.91. The molecule has 9 heteroatoms. The normalized spacial score (nSPS) is 55.2. The average Bonchev–Trinajstić information content (AvgIpc) is 2.64. The molecule has 0 amide bonds. The molecule has 2 aliphatic rings.